The van der Waals surface area contributed by atoms with Crippen molar-refractivity contribution in [2.75, 3.05) is 0 Å². The Morgan fingerprint density at radius 2 is 0.745 bits per heavy atom. The molecule has 2 aliphatic carbocycles. The van der Waals surface area contributed by atoms with E-state index in [2.05, 4.69) is 198 Å². The molecular weight excluding hydrogens is 760 g/mol. The summed E-state index contributed by atoms with van der Waals surface area (Å²) < 4.78 is 1.34. The fraction of sp³-hybridized carbons (Fsp3) is 0.622. The SMILES string of the molecule is C[Si](C)(C)C(c1cc(C([Si](C)(C)C)[Si](C)(C)C)c(B2[S][Ge]([CH]3C=CC=C3)([CH]3C=CC=C3)[S]2)c(C([Si](C)(C)C)[Si](C)(C)C)c1)[Si](C)(C)C. The third-order valence-corrected chi connectivity index (χ3v) is 64.7. The van der Waals surface area contributed by atoms with E-state index in [1.54, 1.807) is 5.56 Å². The van der Waals surface area contributed by atoms with Crippen molar-refractivity contribution < 1.29 is 0 Å². The molecule has 260 valence electrons. The van der Waals surface area contributed by atoms with Gasteiger partial charge in [-0.25, -0.2) is 0 Å². The molecule has 1 fully saturated rings. The zero-order valence-corrected chi connectivity index (χ0v) is 43.3. The molecule has 10 heteroatoms. The van der Waals surface area contributed by atoms with E-state index in [0.717, 1.165) is 15.5 Å². The van der Waals surface area contributed by atoms with Crippen molar-refractivity contribution in [2.24, 2.45) is 0 Å². The van der Waals surface area contributed by atoms with E-state index in [4.69, 9.17) is 0 Å². The standard InChI is InChI=1S/C37H69BGeS2Si6/c1-42(2,3)35(43(4,5)6)29-27-32(36(44(7,8)9)45(10,11)12)34(33(28-29)37(46(13,14)15)47(16,17)18)38-40-39(41-38,30-23-19-20-24-30)31-25-21-22-26-31/h19-28,30-31,35-37H,1-18H3. The summed E-state index contributed by atoms with van der Waals surface area (Å²) in [5, 5.41) is 2.88. The first-order chi connectivity index (χ1) is 21.1. The van der Waals surface area contributed by atoms with Gasteiger partial charge >= 0.3 is 310 Å². The minimum absolute atomic E-state index is 0.585. The molecule has 0 radical (unpaired) electrons. The topological polar surface area (TPSA) is 0 Å². The molecule has 3 aliphatic rings. The van der Waals surface area contributed by atoms with Crippen molar-refractivity contribution in [3.63, 3.8) is 0 Å². The van der Waals surface area contributed by atoms with Crippen LogP contribution in [-0.4, -0.2) is 64.7 Å². The van der Waals surface area contributed by atoms with Crippen molar-refractivity contribution in [1.29, 1.82) is 0 Å². The van der Waals surface area contributed by atoms with Gasteiger partial charge in [0.1, 0.15) is 0 Å². The Kier molecular flexibility index (Phi) is 11.8. The van der Waals surface area contributed by atoms with E-state index < -0.39 is 59.4 Å². The molecule has 1 aromatic carbocycles. The minimum atomic E-state index is -2.44. The van der Waals surface area contributed by atoms with Crippen LogP contribution in [0, 0.1) is 0 Å². The molecule has 1 aromatic rings. The Bertz CT molecular complexity index is 1290. The summed E-state index contributed by atoms with van der Waals surface area (Å²) in [7, 11) is -6.58. The molecule has 0 nitrogen and oxygen atoms in total. The van der Waals surface area contributed by atoms with Crippen LogP contribution in [0.15, 0.2) is 60.7 Å². The molecule has 0 N–H and O–H groups in total. The molecule has 0 saturated carbocycles. The van der Waals surface area contributed by atoms with Gasteiger partial charge in [0.15, 0.2) is 0 Å². The first-order valence-electron chi connectivity index (χ1n) is 18.3. The Hall–Kier alpha value is 0.789. The second kappa shape index (κ2) is 13.6. The second-order valence-corrected chi connectivity index (χ2v) is 73.9. The van der Waals surface area contributed by atoms with Crippen molar-refractivity contribution in [3.05, 3.63) is 77.4 Å². The van der Waals surface area contributed by atoms with Gasteiger partial charge in [-0.3, -0.25) is 0 Å². The molecule has 0 spiro atoms. The predicted octanol–water partition coefficient (Wildman–Crippen LogP) is 12.8. The summed E-state index contributed by atoms with van der Waals surface area (Å²) in [4.78, 5) is 0. The zero-order valence-electron chi connectivity index (χ0n) is 33.6. The zero-order chi connectivity index (χ0) is 35.8. The van der Waals surface area contributed by atoms with Crippen LogP contribution in [0.5, 0.6) is 0 Å². The third-order valence-electron chi connectivity index (χ3n) is 10.7. The number of allylic oxidation sites excluding steroid dienone is 8. The first kappa shape index (κ1) is 40.6. The predicted molar refractivity (Wildman–Crippen MR) is 245 cm³/mol. The monoisotopic (exact) mass is 830 g/mol. The van der Waals surface area contributed by atoms with Crippen molar-refractivity contribution in [1.82, 2.24) is 0 Å². The average Bonchev–Trinajstić information content (AvgIpc) is 3.49. The third kappa shape index (κ3) is 8.55. The number of hydrogen-bond acceptors (Lipinski definition) is 2. The molecule has 0 aromatic heterocycles. The van der Waals surface area contributed by atoms with Gasteiger partial charge in [-0.05, 0) is 0 Å². The molecule has 1 aliphatic heterocycles. The average molecular weight is 830 g/mol. The van der Waals surface area contributed by atoms with Gasteiger partial charge < -0.3 is 0 Å². The van der Waals surface area contributed by atoms with Crippen molar-refractivity contribution >= 4 is 90.0 Å². The summed E-state index contributed by atoms with van der Waals surface area (Å²) >= 11 is 0. The van der Waals surface area contributed by atoms with Crippen LogP contribution < -0.4 is 5.46 Å². The molecule has 1 saturated heterocycles. The quantitative estimate of drug-likeness (QED) is 0.193. The molecule has 4 rings (SSSR count). The van der Waals surface area contributed by atoms with E-state index >= 15 is 0 Å². The fourth-order valence-electron chi connectivity index (χ4n) is 10.8. The number of hydrogen-bond donors (Lipinski definition) is 0. The van der Waals surface area contributed by atoms with Gasteiger partial charge in [-0.2, -0.15) is 0 Å². The number of benzene rings is 1. The molecule has 1 heterocycles. The van der Waals surface area contributed by atoms with E-state index in [9.17, 15) is 0 Å². The Labute approximate surface area is 307 Å². The van der Waals surface area contributed by atoms with Crippen LogP contribution >= 0.6 is 19.9 Å². The van der Waals surface area contributed by atoms with E-state index in [1.807, 2.05) is 16.6 Å². The molecule has 47 heavy (non-hydrogen) atoms. The Morgan fingerprint density at radius 3 is 1.00 bits per heavy atom. The van der Waals surface area contributed by atoms with E-state index in [0.29, 0.717) is 14.8 Å². The number of rotatable bonds is 12. The molecule has 0 amide bonds. The summed E-state index contributed by atoms with van der Waals surface area (Å²) in [5.41, 5.74) is 7.34. The van der Waals surface area contributed by atoms with Crippen LogP contribution in [0.25, 0.3) is 0 Å². The van der Waals surface area contributed by atoms with Gasteiger partial charge in [0.25, 0.3) is 0 Å². The normalized spacial score (nSPS) is 19.7. The van der Waals surface area contributed by atoms with E-state index in [-0.39, 0.29) is 0 Å². The van der Waals surface area contributed by atoms with Gasteiger partial charge in [-0.1, -0.05) is 0 Å². The van der Waals surface area contributed by atoms with Gasteiger partial charge in [0.2, 0.25) is 0 Å². The van der Waals surface area contributed by atoms with E-state index in [1.165, 1.54) is 0 Å². The van der Waals surface area contributed by atoms with Crippen LogP contribution in [0.3, 0.4) is 0 Å². The maximum absolute atomic E-state index is 2.92. The Balaban J connectivity index is 2.13. The van der Waals surface area contributed by atoms with Gasteiger partial charge in [0, 0.05) is 0 Å². The Morgan fingerprint density at radius 1 is 0.468 bits per heavy atom. The summed E-state index contributed by atoms with van der Waals surface area (Å²) in [6.45, 7) is 48.6. The first-order valence-corrected chi connectivity index (χ1v) is 49.1. The molecule has 0 unspecified atom stereocenters. The van der Waals surface area contributed by atoms with Crippen LogP contribution in [0.1, 0.15) is 32.2 Å². The van der Waals surface area contributed by atoms with Crippen LogP contribution in [-0.2, 0) is 0 Å². The van der Waals surface area contributed by atoms with Crippen molar-refractivity contribution in [3.8, 4) is 0 Å². The second-order valence-electron chi connectivity index (χ2n) is 21.5. The van der Waals surface area contributed by atoms with Gasteiger partial charge in [0.05, 0.1) is 0 Å². The maximum atomic E-state index is 2.92. The van der Waals surface area contributed by atoms with Crippen LogP contribution in [0.4, 0.5) is 0 Å². The van der Waals surface area contributed by atoms with Crippen LogP contribution in [0.2, 0.25) is 127 Å². The summed E-state index contributed by atoms with van der Waals surface area (Å²) in [6.07, 6.45) is 19.6. The summed E-state index contributed by atoms with van der Waals surface area (Å²) in [5.74, 6) is 0. The van der Waals surface area contributed by atoms with Crippen molar-refractivity contribution in [2.45, 2.75) is 143 Å². The molecule has 0 atom stereocenters. The molecular formula is C37H69BGeS2Si6. The summed E-state index contributed by atoms with van der Waals surface area (Å²) in [6, 6.07) is 5.84. The molecule has 0 bridgehead atoms. The van der Waals surface area contributed by atoms with Gasteiger partial charge in [-0.15, -0.1) is 0 Å². The fourth-order valence-corrected chi connectivity index (χ4v) is 74.7.